The summed E-state index contributed by atoms with van der Waals surface area (Å²) in [7, 11) is 1.54. The van der Waals surface area contributed by atoms with E-state index in [4.69, 9.17) is 4.74 Å². The fraction of sp³-hybridized carbons (Fsp3) is 0.250. The number of pyridine rings is 1. The van der Waals surface area contributed by atoms with Gasteiger partial charge in [0.25, 0.3) is 0 Å². The predicted molar refractivity (Wildman–Crippen MR) is 98.9 cm³/mol. The van der Waals surface area contributed by atoms with Gasteiger partial charge in [-0.3, -0.25) is 14.8 Å². The molecule has 0 aliphatic carbocycles. The first kappa shape index (κ1) is 17.2. The second-order valence-corrected chi connectivity index (χ2v) is 6.53. The van der Waals surface area contributed by atoms with Gasteiger partial charge in [0.1, 0.15) is 17.4 Å². The van der Waals surface area contributed by atoms with E-state index in [0.717, 1.165) is 11.1 Å². The molecule has 1 saturated heterocycles. The van der Waals surface area contributed by atoms with E-state index in [0.29, 0.717) is 36.5 Å². The second kappa shape index (κ2) is 7.19. The summed E-state index contributed by atoms with van der Waals surface area (Å²) in [4.78, 5) is 18.9. The Morgan fingerprint density at radius 2 is 2.15 bits per heavy atom. The van der Waals surface area contributed by atoms with E-state index in [1.54, 1.807) is 42.7 Å². The minimum Gasteiger partial charge on any atom is -0.497 e. The summed E-state index contributed by atoms with van der Waals surface area (Å²) < 4.78 is 19.2. The van der Waals surface area contributed by atoms with E-state index in [1.807, 2.05) is 12.1 Å². The molecule has 1 N–H and O–H groups in total. The first-order valence-corrected chi connectivity index (χ1v) is 8.74. The molecule has 1 amide bonds. The third-order valence-electron chi connectivity index (χ3n) is 4.89. The van der Waals surface area contributed by atoms with Crippen molar-refractivity contribution in [3.8, 4) is 16.9 Å². The lowest BCUT2D eigenvalue weighted by Gasteiger charge is -2.16. The normalized spacial score (nSPS) is 16.7. The summed E-state index contributed by atoms with van der Waals surface area (Å²) in [6.07, 6.45) is 6.25. The Hall–Kier alpha value is -3.22. The van der Waals surface area contributed by atoms with E-state index in [2.05, 4.69) is 15.2 Å². The minimum atomic E-state index is -0.315. The van der Waals surface area contributed by atoms with Crippen LogP contribution in [0.5, 0.6) is 5.75 Å². The summed E-state index contributed by atoms with van der Waals surface area (Å²) >= 11 is 0. The Kier molecular flexibility index (Phi) is 4.58. The molecule has 7 heteroatoms. The Morgan fingerprint density at radius 1 is 1.26 bits per heavy atom. The van der Waals surface area contributed by atoms with Crippen LogP contribution in [0.1, 0.15) is 12.0 Å². The Balaban J connectivity index is 1.49. The number of carbonyl (C=O) groups is 1. The molecule has 3 heterocycles. The Bertz CT molecular complexity index is 941. The quantitative estimate of drug-likeness (QED) is 0.753. The molecule has 1 aliphatic rings. The number of H-pyrrole nitrogens is 1. The largest absolute Gasteiger partial charge is 0.497 e. The van der Waals surface area contributed by atoms with Crippen molar-refractivity contribution in [1.82, 2.24) is 15.2 Å². The number of anilines is 1. The smallest absolute Gasteiger partial charge is 0.231 e. The van der Waals surface area contributed by atoms with Crippen molar-refractivity contribution in [1.29, 1.82) is 0 Å². The number of methoxy groups -OCH3 is 1. The number of benzene rings is 1. The van der Waals surface area contributed by atoms with Crippen molar-refractivity contribution in [2.75, 3.05) is 18.6 Å². The van der Waals surface area contributed by atoms with Crippen LogP contribution in [0.15, 0.2) is 48.9 Å². The van der Waals surface area contributed by atoms with Crippen molar-refractivity contribution in [3.63, 3.8) is 0 Å². The number of amides is 1. The SMILES string of the molecule is COc1ccc(F)c(CC2CCN(c3ccc(-c4cn[nH]c4)cn3)C2=O)c1. The lowest BCUT2D eigenvalue weighted by molar-refractivity contribution is -0.120. The maximum absolute atomic E-state index is 14.1. The van der Waals surface area contributed by atoms with Gasteiger partial charge in [-0.2, -0.15) is 5.10 Å². The maximum atomic E-state index is 14.1. The van der Waals surface area contributed by atoms with E-state index in [9.17, 15) is 9.18 Å². The standard InChI is InChI=1S/C20H19FN4O2/c1-27-17-3-4-18(21)15(9-17)8-13-6-7-25(20(13)26)19-5-2-14(10-22-19)16-11-23-24-12-16/h2-5,9-13H,6-8H2,1H3,(H,23,24). The van der Waals surface area contributed by atoms with Crippen molar-refractivity contribution >= 4 is 11.7 Å². The van der Waals surface area contributed by atoms with Gasteiger partial charge in [0, 0.05) is 36.0 Å². The summed E-state index contributed by atoms with van der Waals surface area (Å²) in [6.45, 7) is 0.577. The molecule has 1 unspecified atom stereocenters. The summed E-state index contributed by atoms with van der Waals surface area (Å²) in [6, 6.07) is 8.35. The van der Waals surface area contributed by atoms with Crippen LogP contribution in [0.4, 0.5) is 10.2 Å². The molecule has 0 radical (unpaired) electrons. The zero-order chi connectivity index (χ0) is 18.8. The number of halogens is 1. The zero-order valence-corrected chi connectivity index (χ0v) is 14.9. The third kappa shape index (κ3) is 3.40. The highest BCUT2D eigenvalue weighted by atomic mass is 19.1. The fourth-order valence-corrected chi connectivity index (χ4v) is 3.38. The number of nitrogens with one attached hydrogen (secondary N) is 1. The van der Waals surface area contributed by atoms with Crippen LogP contribution in [0.2, 0.25) is 0 Å². The molecule has 2 aromatic heterocycles. The fourth-order valence-electron chi connectivity index (χ4n) is 3.38. The predicted octanol–water partition coefficient (Wildman–Crippen LogP) is 3.22. The Morgan fingerprint density at radius 3 is 2.85 bits per heavy atom. The monoisotopic (exact) mass is 366 g/mol. The molecule has 1 aliphatic heterocycles. The average molecular weight is 366 g/mol. The molecule has 0 bridgehead atoms. The van der Waals surface area contributed by atoms with E-state index in [-0.39, 0.29) is 17.6 Å². The van der Waals surface area contributed by atoms with E-state index in [1.165, 1.54) is 6.07 Å². The van der Waals surface area contributed by atoms with Gasteiger partial charge in [-0.05, 0) is 48.7 Å². The highest BCUT2D eigenvalue weighted by Crippen LogP contribution is 2.29. The summed E-state index contributed by atoms with van der Waals surface area (Å²) in [5.74, 6) is 0.596. The van der Waals surface area contributed by atoms with Gasteiger partial charge in [0.05, 0.1) is 13.3 Å². The van der Waals surface area contributed by atoms with Crippen molar-refractivity contribution in [2.24, 2.45) is 5.92 Å². The van der Waals surface area contributed by atoms with Crippen LogP contribution in [0.3, 0.4) is 0 Å². The number of rotatable bonds is 5. The molecule has 6 nitrogen and oxygen atoms in total. The van der Waals surface area contributed by atoms with Crippen LogP contribution in [-0.2, 0) is 11.2 Å². The molecule has 3 aromatic rings. The Labute approximate surface area is 156 Å². The molecular formula is C20H19FN4O2. The lowest BCUT2D eigenvalue weighted by atomic mass is 9.97. The number of aromatic amines is 1. The first-order valence-electron chi connectivity index (χ1n) is 8.74. The highest BCUT2D eigenvalue weighted by Gasteiger charge is 2.33. The average Bonchev–Trinajstić information content (AvgIpc) is 3.35. The van der Waals surface area contributed by atoms with Crippen LogP contribution in [0, 0.1) is 11.7 Å². The molecule has 0 spiro atoms. The van der Waals surface area contributed by atoms with Gasteiger partial charge in [0.2, 0.25) is 5.91 Å². The van der Waals surface area contributed by atoms with E-state index >= 15 is 0 Å². The van der Waals surface area contributed by atoms with Gasteiger partial charge in [-0.15, -0.1) is 0 Å². The second-order valence-electron chi connectivity index (χ2n) is 6.53. The topological polar surface area (TPSA) is 71.1 Å². The third-order valence-corrected chi connectivity index (χ3v) is 4.89. The van der Waals surface area contributed by atoms with Gasteiger partial charge in [-0.25, -0.2) is 9.37 Å². The van der Waals surface area contributed by atoms with Gasteiger partial charge in [-0.1, -0.05) is 0 Å². The molecular weight excluding hydrogens is 347 g/mol. The van der Waals surface area contributed by atoms with Gasteiger partial charge in [0.15, 0.2) is 0 Å². The van der Waals surface area contributed by atoms with Crippen molar-refractivity contribution < 1.29 is 13.9 Å². The number of nitrogens with zero attached hydrogens (tertiary/aromatic N) is 3. The maximum Gasteiger partial charge on any atom is 0.231 e. The molecule has 138 valence electrons. The van der Waals surface area contributed by atoms with Crippen molar-refractivity contribution in [2.45, 2.75) is 12.8 Å². The molecule has 27 heavy (non-hydrogen) atoms. The summed E-state index contributed by atoms with van der Waals surface area (Å²) in [5.41, 5.74) is 2.36. The molecule has 0 saturated carbocycles. The molecule has 1 atom stereocenters. The van der Waals surface area contributed by atoms with Gasteiger partial charge < -0.3 is 4.74 Å². The molecule has 1 aromatic carbocycles. The number of hydrogen-bond donors (Lipinski definition) is 1. The van der Waals surface area contributed by atoms with Crippen molar-refractivity contribution in [3.05, 3.63) is 60.3 Å². The number of carbonyl (C=O) groups excluding carboxylic acids is 1. The zero-order valence-electron chi connectivity index (χ0n) is 14.9. The number of aromatic nitrogens is 3. The van der Waals surface area contributed by atoms with Crippen LogP contribution >= 0.6 is 0 Å². The molecule has 4 rings (SSSR count). The first-order chi connectivity index (χ1) is 13.2. The minimum absolute atomic E-state index is 0.0271. The number of ether oxygens (including phenoxy) is 1. The lowest BCUT2D eigenvalue weighted by Crippen LogP contribution is -2.28. The van der Waals surface area contributed by atoms with Crippen LogP contribution < -0.4 is 9.64 Å². The molecule has 1 fully saturated rings. The van der Waals surface area contributed by atoms with Crippen LogP contribution in [0.25, 0.3) is 11.1 Å². The van der Waals surface area contributed by atoms with E-state index < -0.39 is 0 Å². The number of hydrogen-bond acceptors (Lipinski definition) is 4. The van der Waals surface area contributed by atoms with Crippen LogP contribution in [-0.4, -0.2) is 34.7 Å². The summed E-state index contributed by atoms with van der Waals surface area (Å²) in [5, 5.41) is 6.69. The van der Waals surface area contributed by atoms with Gasteiger partial charge >= 0.3 is 0 Å². The highest BCUT2D eigenvalue weighted by molar-refractivity contribution is 5.96.